The van der Waals surface area contributed by atoms with E-state index in [9.17, 15) is 0 Å². The Morgan fingerprint density at radius 2 is 2.26 bits per heavy atom. The maximum atomic E-state index is 5.56. The molecule has 1 aromatic carbocycles. The first-order valence-corrected chi connectivity index (χ1v) is 7.17. The van der Waals surface area contributed by atoms with Crippen LogP contribution in [-0.2, 0) is 6.54 Å². The number of hydrogen-bond acceptors (Lipinski definition) is 3. The molecule has 3 rings (SSSR count). The van der Waals surface area contributed by atoms with E-state index in [0.29, 0.717) is 0 Å². The first-order chi connectivity index (χ1) is 9.33. The molecule has 1 aliphatic heterocycles. The third kappa shape index (κ3) is 2.99. The number of furan rings is 1. The highest BCUT2D eigenvalue weighted by Gasteiger charge is 2.16. The maximum Gasteiger partial charge on any atom is 0.134 e. The monoisotopic (exact) mass is 258 g/mol. The molecule has 1 aromatic heterocycles. The Morgan fingerprint density at radius 3 is 3.16 bits per heavy atom. The number of rotatable bonds is 4. The highest BCUT2D eigenvalue weighted by Crippen LogP contribution is 2.20. The molecule has 0 amide bonds. The van der Waals surface area contributed by atoms with Crippen molar-refractivity contribution in [3.63, 3.8) is 0 Å². The number of likely N-dealkylation sites (tertiary alicyclic amines) is 1. The molecule has 1 aliphatic rings. The Morgan fingerprint density at radius 1 is 1.37 bits per heavy atom. The number of piperidine rings is 1. The van der Waals surface area contributed by atoms with Crippen molar-refractivity contribution < 1.29 is 4.42 Å². The van der Waals surface area contributed by atoms with Crippen molar-refractivity contribution in [2.24, 2.45) is 5.92 Å². The zero-order chi connectivity index (χ0) is 13.1. The Kier molecular flexibility index (Phi) is 3.85. The Labute approximate surface area is 114 Å². The summed E-state index contributed by atoms with van der Waals surface area (Å²) in [6.07, 6.45) is 4.56. The van der Waals surface area contributed by atoms with Gasteiger partial charge in [-0.15, -0.1) is 0 Å². The standard InChI is InChI=1S/C16H22N2O/c1-18-8-4-5-13(11-18)9-17-10-14-12-19-16-7-3-2-6-15(14)16/h2-3,6-7,12-13,17H,4-5,8-11H2,1H3. The lowest BCUT2D eigenvalue weighted by atomic mass is 9.98. The van der Waals surface area contributed by atoms with Gasteiger partial charge in [-0.2, -0.15) is 0 Å². The van der Waals surface area contributed by atoms with Crippen LogP contribution >= 0.6 is 0 Å². The molecule has 2 heterocycles. The van der Waals surface area contributed by atoms with Gasteiger partial charge in [0.1, 0.15) is 5.58 Å². The molecule has 1 unspecified atom stereocenters. The Bertz CT molecular complexity index is 534. The summed E-state index contributed by atoms with van der Waals surface area (Å²) in [5.41, 5.74) is 2.25. The van der Waals surface area contributed by atoms with Crippen molar-refractivity contribution in [1.82, 2.24) is 10.2 Å². The lowest BCUT2D eigenvalue weighted by molar-refractivity contribution is 0.206. The molecule has 1 atom stereocenters. The van der Waals surface area contributed by atoms with Gasteiger partial charge >= 0.3 is 0 Å². The first kappa shape index (κ1) is 12.7. The predicted octanol–water partition coefficient (Wildman–Crippen LogP) is 2.86. The van der Waals surface area contributed by atoms with Crippen molar-refractivity contribution in [3.8, 4) is 0 Å². The number of nitrogens with one attached hydrogen (secondary N) is 1. The summed E-state index contributed by atoms with van der Waals surface area (Å²) in [5.74, 6) is 0.789. The van der Waals surface area contributed by atoms with Gasteiger partial charge in [-0.05, 0) is 45.0 Å². The second-order valence-electron chi connectivity index (χ2n) is 5.66. The van der Waals surface area contributed by atoms with Gasteiger partial charge in [0.05, 0.1) is 6.26 Å². The summed E-state index contributed by atoms with van der Waals surface area (Å²) in [6, 6.07) is 8.23. The zero-order valence-corrected chi connectivity index (χ0v) is 11.6. The van der Waals surface area contributed by atoms with Crippen LogP contribution in [-0.4, -0.2) is 31.6 Å². The minimum absolute atomic E-state index is 0.789. The lowest BCUT2D eigenvalue weighted by Crippen LogP contribution is -2.37. The predicted molar refractivity (Wildman–Crippen MR) is 78.1 cm³/mol. The summed E-state index contributed by atoms with van der Waals surface area (Å²) in [7, 11) is 2.22. The van der Waals surface area contributed by atoms with Crippen LogP contribution in [0.15, 0.2) is 34.9 Å². The quantitative estimate of drug-likeness (QED) is 0.914. The van der Waals surface area contributed by atoms with Gasteiger partial charge in [0.25, 0.3) is 0 Å². The van der Waals surface area contributed by atoms with E-state index in [0.717, 1.165) is 24.6 Å². The van der Waals surface area contributed by atoms with Gasteiger partial charge in [-0.3, -0.25) is 0 Å². The number of hydrogen-bond donors (Lipinski definition) is 1. The fraction of sp³-hybridized carbons (Fsp3) is 0.500. The minimum atomic E-state index is 0.789. The van der Waals surface area contributed by atoms with Gasteiger partial charge < -0.3 is 14.6 Å². The maximum absolute atomic E-state index is 5.56. The molecule has 0 aliphatic carbocycles. The molecule has 3 nitrogen and oxygen atoms in total. The molecule has 3 heteroatoms. The van der Waals surface area contributed by atoms with E-state index in [4.69, 9.17) is 4.42 Å². The van der Waals surface area contributed by atoms with Crippen LogP contribution in [0.3, 0.4) is 0 Å². The number of fused-ring (bicyclic) bond motifs is 1. The molecular formula is C16H22N2O. The van der Waals surface area contributed by atoms with Gasteiger partial charge in [0.15, 0.2) is 0 Å². The second-order valence-corrected chi connectivity index (χ2v) is 5.66. The average molecular weight is 258 g/mol. The van der Waals surface area contributed by atoms with Crippen molar-refractivity contribution in [1.29, 1.82) is 0 Å². The first-order valence-electron chi connectivity index (χ1n) is 7.17. The van der Waals surface area contributed by atoms with Gasteiger partial charge in [-0.1, -0.05) is 18.2 Å². The second kappa shape index (κ2) is 5.76. The third-order valence-electron chi connectivity index (χ3n) is 4.03. The van der Waals surface area contributed by atoms with E-state index >= 15 is 0 Å². The number of para-hydroxylation sites is 1. The molecular weight excluding hydrogens is 236 g/mol. The fourth-order valence-electron chi connectivity index (χ4n) is 3.02. The van der Waals surface area contributed by atoms with Crippen molar-refractivity contribution in [2.75, 3.05) is 26.7 Å². The van der Waals surface area contributed by atoms with Gasteiger partial charge in [0, 0.05) is 24.0 Å². The zero-order valence-electron chi connectivity index (χ0n) is 11.6. The van der Waals surface area contributed by atoms with Crippen LogP contribution in [0.5, 0.6) is 0 Å². The summed E-state index contributed by atoms with van der Waals surface area (Å²) >= 11 is 0. The minimum Gasteiger partial charge on any atom is -0.464 e. The van der Waals surface area contributed by atoms with Crippen LogP contribution in [0.1, 0.15) is 18.4 Å². The molecule has 1 fully saturated rings. The summed E-state index contributed by atoms with van der Waals surface area (Å²) in [6.45, 7) is 4.48. The summed E-state index contributed by atoms with van der Waals surface area (Å²) in [4.78, 5) is 2.43. The summed E-state index contributed by atoms with van der Waals surface area (Å²) in [5, 5.41) is 4.82. The highest BCUT2D eigenvalue weighted by atomic mass is 16.3. The topological polar surface area (TPSA) is 28.4 Å². The van der Waals surface area contributed by atoms with E-state index in [-0.39, 0.29) is 0 Å². The van der Waals surface area contributed by atoms with E-state index in [1.807, 2.05) is 18.4 Å². The molecule has 0 radical (unpaired) electrons. The van der Waals surface area contributed by atoms with Crippen molar-refractivity contribution in [3.05, 3.63) is 36.1 Å². The van der Waals surface area contributed by atoms with Gasteiger partial charge in [0.2, 0.25) is 0 Å². The van der Waals surface area contributed by atoms with Crippen molar-refractivity contribution in [2.45, 2.75) is 19.4 Å². The van der Waals surface area contributed by atoms with Crippen LogP contribution < -0.4 is 5.32 Å². The highest BCUT2D eigenvalue weighted by molar-refractivity contribution is 5.80. The van der Waals surface area contributed by atoms with E-state index in [2.05, 4.69) is 29.4 Å². The number of nitrogens with zero attached hydrogens (tertiary/aromatic N) is 1. The molecule has 0 saturated carbocycles. The van der Waals surface area contributed by atoms with Crippen LogP contribution in [0, 0.1) is 5.92 Å². The molecule has 0 spiro atoms. The third-order valence-corrected chi connectivity index (χ3v) is 4.03. The molecule has 1 saturated heterocycles. The van der Waals surface area contributed by atoms with Gasteiger partial charge in [-0.25, -0.2) is 0 Å². The van der Waals surface area contributed by atoms with E-state index < -0.39 is 0 Å². The summed E-state index contributed by atoms with van der Waals surface area (Å²) < 4.78 is 5.56. The number of benzene rings is 1. The van der Waals surface area contributed by atoms with E-state index in [1.54, 1.807) is 0 Å². The van der Waals surface area contributed by atoms with Crippen LogP contribution in [0.2, 0.25) is 0 Å². The smallest absolute Gasteiger partial charge is 0.134 e. The fourth-order valence-corrected chi connectivity index (χ4v) is 3.02. The largest absolute Gasteiger partial charge is 0.464 e. The van der Waals surface area contributed by atoms with Crippen LogP contribution in [0.25, 0.3) is 11.0 Å². The normalized spacial score (nSPS) is 21.0. The lowest BCUT2D eigenvalue weighted by Gasteiger charge is -2.29. The Hall–Kier alpha value is -1.32. The Balaban J connectivity index is 1.55. The SMILES string of the molecule is CN1CCCC(CNCc2coc3ccccc23)C1. The molecule has 0 bridgehead atoms. The van der Waals surface area contributed by atoms with Crippen molar-refractivity contribution >= 4 is 11.0 Å². The molecule has 2 aromatic rings. The van der Waals surface area contributed by atoms with Crippen LogP contribution in [0.4, 0.5) is 0 Å². The van der Waals surface area contributed by atoms with E-state index in [1.165, 1.54) is 36.9 Å². The molecule has 19 heavy (non-hydrogen) atoms. The molecule has 1 N–H and O–H groups in total. The molecule has 102 valence electrons. The average Bonchev–Trinajstić information content (AvgIpc) is 2.83.